The Hall–Kier alpha value is -2.23. The number of piperidine rings is 1. The predicted octanol–water partition coefficient (Wildman–Crippen LogP) is 1.42. The Morgan fingerprint density at radius 3 is 2.86 bits per heavy atom. The van der Waals surface area contributed by atoms with Gasteiger partial charge in [0.1, 0.15) is 17.5 Å². The first-order chi connectivity index (χ1) is 13.4. The highest BCUT2D eigenvalue weighted by molar-refractivity contribution is 7.07. The SMILES string of the molecule is C[C@@]1(NC(=O)c2cscn2)CC2(CCN(C(=O)c3ccc[nH]3)CC2)OC[C@H]1O. The molecule has 0 radical (unpaired) electrons. The van der Waals surface area contributed by atoms with E-state index >= 15 is 0 Å². The first-order valence-electron chi connectivity index (χ1n) is 9.36. The number of carbonyl (C=O) groups is 2. The van der Waals surface area contributed by atoms with Gasteiger partial charge in [0, 0.05) is 31.1 Å². The molecule has 0 bridgehead atoms. The van der Waals surface area contributed by atoms with Crippen molar-refractivity contribution in [3.8, 4) is 0 Å². The monoisotopic (exact) mass is 404 g/mol. The lowest BCUT2D eigenvalue weighted by Gasteiger charge is -2.51. The molecule has 2 aliphatic rings. The van der Waals surface area contributed by atoms with E-state index in [0.29, 0.717) is 43.7 Å². The highest BCUT2D eigenvalue weighted by Gasteiger charge is 2.50. The molecule has 0 unspecified atom stereocenters. The zero-order valence-electron chi connectivity index (χ0n) is 15.7. The normalized spacial score (nSPS) is 26.9. The number of aromatic amines is 1. The van der Waals surface area contributed by atoms with E-state index in [1.54, 1.807) is 29.2 Å². The highest BCUT2D eigenvalue weighted by Crippen LogP contribution is 2.40. The minimum Gasteiger partial charge on any atom is -0.388 e. The Morgan fingerprint density at radius 2 is 2.21 bits per heavy atom. The van der Waals surface area contributed by atoms with Crippen molar-refractivity contribution in [3.63, 3.8) is 0 Å². The Bertz CT molecular complexity index is 830. The van der Waals surface area contributed by atoms with Crippen molar-refractivity contribution in [2.45, 2.75) is 43.4 Å². The minimum absolute atomic E-state index is 0.0182. The van der Waals surface area contributed by atoms with Gasteiger partial charge < -0.3 is 25.0 Å². The maximum absolute atomic E-state index is 12.5. The molecule has 2 saturated heterocycles. The fraction of sp³-hybridized carbons (Fsp3) is 0.526. The third-order valence-corrected chi connectivity index (χ3v) is 6.41. The Morgan fingerprint density at radius 1 is 1.43 bits per heavy atom. The molecule has 2 aromatic rings. The maximum Gasteiger partial charge on any atom is 0.271 e. The second-order valence-electron chi connectivity index (χ2n) is 7.81. The Labute approximate surface area is 166 Å². The van der Waals surface area contributed by atoms with Gasteiger partial charge in [-0.15, -0.1) is 11.3 Å². The molecule has 2 fully saturated rings. The quantitative estimate of drug-likeness (QED) is 0.717. The first-order valence-corrected chi connectivity index (χ1v) is 10.3. The van der Waals surface area contributed by atoms with Crippen LogP contribution < -0.4 is 5.32 Å². The van der Waals surface area contributed by atoms with Crippen LogP contribution >= 0.6 is 11.3 Å². The number of rotatable bonds is 3. The summed E-state index contributed by atoms with van der Waals surface area (Å²) in [6.45, 7) is 3.15. The molecule has 28 heavy (non-hydrogen) atoms. The molecule has 2 aromatic heterocycles. The van der Waals surface area contributed by atoms with Gasteiger partial charge in [0.05, 0.1) is 23.3 Å². The smallest absolute Gasteiger partial charge is 0.271 e. The van der Waals surface area contributed by atoms with Crippen molar-refractivity contribution in [1.29, 1.82) is 0 Å². The topological polar surface area (TPSA) is 108 Å². The fourth-order valence-corrected chi connectivity index (χ4v) is 4.66. The lowest BCUT2D eigenvalue weighted by Crippen LogP contribution is -2.65. The van der Waals surface area contributed by atoms with Gasteiger partial charge in [-0.25, -0.2) is 4.98 Å². The maximum atomic E-state index is 12.5. The minimum atomic E-state index is -0.815. The van der Waals surface area contributed by atoms with Gasteiger partial charge in [-0.2, -0.15) is 0 Å². The summed E-state index contributed by atoms with van der Waals surface area (Å²) in [5.74, 6) is -0.311. The van der Waals surface area contributed by atoms with Crippen molar-refractivity contribution in [2.75, 3.05) is 19.7 Å². The van der Waals surface area contributed by atoms with E-state index in [4.69, 9.17) is 4.74 Å². The van der Waals surface area contributed by atoms with Crippen LogP contribution in [0.1, 0.15) is 47.2 Å². The summed E-state index contributed by atoms with van der Waals surface area (Å²) >= 11 is 1.35. The van der Waals surface area contributed by atoms with E-state index < -0.39 is 17.2 Å². The van der Waals surface area contributed by atoms with Crippen LogP contribution in [0, 0.1) is 0 Å². The van der Waals surface area contributed by atoms with Crippen LogP contribution in [0.2, 0.25) is 0 Å². The summed E-state index contributed by atoms with van der Waals surface area (Å²) in [4.78, 5) is 33.8. The van der Waals surface area contributed by atoms with Crippen LogP contribution in [0.5, 0.6) is 0 Å². The van der Waals surface area contributed by atoms with Crippen LogP contribution in [0.15, 0.2) is 29.2 Å². The summed E-state index contributed by atoms with van der Waals surface area (Å²) in [5, 5.41) is 15.2. The van der Waals surface area contributed by atoms with E-state index in [1.165, 1.54) is 11.3 Å². The number of aliphatic hydroxyl groups excluding tert-OH is 1. The summed E-state index contributed by atoms with van der Waals surface area (Å²) in [7, 11) is 0. The summed E-state index contributed by atoms with van der Waals surface area (Å²) in [5.41, 5.74) is 1.26. The number of aromatic nitrogens is 2. The molecule has 0 aromatic carbocycles. The Kier molecular flexibility index (Phi) is 4.98. The number of aliphatic hydroxyl groups is 1. The van der Waals surface area contributed by atoms with Gasteiger partial charge in [-0.05, 0) is 31.9 Å². The van der Waals surface area contributed by atoms with Gasteiger partial charge >= 0.3 is 0 Å². The van der Waals surface area contributed by atoms with Crippen LogP contribution in [-0.2, 0) is 4.74 Å². The zero-order chi connectivity index (χ0) is 19.8. The van der Waals surface area contributed by atoms with Gasteiger partial charge in [0.15, 0.2) is 0 Å². The van der Waals surface area contributed by atoms with E-state index in [9.17, 15) is 14.7 Å². The number of hydrogen-bond acceptors (Lipinski definition) is 6. The molecule has 0 aliphatic carbocycles. The molecule has 1 spiro atoms. The van der Waals surface area contributed by atoms with Crippen molar-refractivity contribution in [3.05, 3.63) is 40.6 Å². The van der Waals surface area contributed by atoms with Crippen LogP contribution in [0.4, 0.5) is 0 Å². The fourth-order valence-electron chi connectivity index (χ4n) is 4.13. The van der Waals surface area contributed by atoms with Crippen molar-refractivity contribution < 1.29 is 19.4 Å². The second-order valence-corrected chi connectivity index (χ2v) is 8.53. The number of H-pyrrole nitrogens is 1. The molecule has 4 heterocycles. The number of nitrogens with one attached hydrogen (secondary N) is 2. The number of hydrogen-bond donors (Lipinski definition) is 3. The molecule has 8 nitrogen and oxygen atoms in total. The highest BCUT2D eigenvalue weighted by atomic mass is 32.1. The van der Waals surface area contributed by atoms with Crippen molar-refractivity contribution in [2.24, 2.45) is 0 Å². The number of nitrogens with zero attached hydrogens (tertiary/aromatic N) is 2. The van der Waals surface area contributed by atoms with Gasteiger partial charge in [0.25, 0.3) is 11.8 Å². The van der Waals surface area contributed by atoms with Gasteiger partial charge in [-0.1, -0.05) is 0 Å². The number of thiazole rings is 1. The summed E-state index contributed by atoms with van der Waals surface area (Å²) < 4.78 is 6.04. The second kappa shape index (κ2) is 7.31. The molecular formula is C19H24N4O4S. The number of likely N-dealkylation sites (tertiary alicyclic amines) is 1. The average molecular weight is 404 g/mol. The zero-order valence-corrected chi connectivity index (χ0v) is 16.5. The predicted molar refractivity (Wildman–Crippen MR) is 103 cm³/mol. The summed E-state index contributed by atoms with van der Waals surface area (Å²) in [6.07, 6.45) is 2.74. The average Bonchev–Trinajstić information content (AvgIpc) is 3.39. The van der Waals surface area contributed by atoms with E-state index in [1.807, 2.05) is 11.8 Å². The van der Waals surface area contributed by atoms with Crippen LogP contribution in [-0.4, -0.2) is 68.7 Å². The van der Waals surface area contributed by atoms with Crippen molar-refractivity contribution >= 4 is 23.2 Å². The van der Waals surface area contributed by atoms with E-state index in [2.05, 4.69) is 15.3 Å². The lowest BCUT2D eigenvalue weighted by molar-refractivity contribution is -0.175. The van der Waals surface area contributed by atoms with Crippen LogP contribution in [0.25, 0.3) is 0 Å². The van der Waals surface area contributed by atoms with E-state index in [-0.39, 0.29) is 18.4 Å². The molecule has 150 valence electrons. The molecule has 2 amide bonds. The molecule has 4 rings (SSSR count). The molecule has 3 N–H and O–H groups in total. The van der Waals surface area contributed by atoms with E-state index in [0.717, 1.165) is 0 Å². The van der Waals surface area contributed by atoms with Gasteiger partial charge in [-0.3, -0.25) is 9.59 Å². The van der Waals surface area contributed by atoms with Crippen molar-refractivity contribution in [1.82, 2.24) is 20.2 Å². The lowest BCUT2D eigenvalue weighted by atomic mass is 9.74. The standard InChI is InChI=1S/C19H24N4O4S/c1-18(22-16(25)14-10-28-12-21-14)11-19(27-9-15(18)24)4-7-23(8-5-19)17(26)13-3-2-6-20-13/h2-3,6,10,12,15,20,24H,4-5,7-9,11H2,1H3,(H,22,25)/t15-,18-/m1/s1. The number of ether oxygens (including phenoxy) is 1. The molecule has 9 heteroatoms. The third-order valence-electron chi connectivity index (χ3n) is 5.83. The molecule has 0 saturated carbocycles. The number of carbonyl (C=O) groups excluding carboxylic acids is 2. The largest absolute Gasteiger partial charge is 0.388 e. The molecule has 2 aliphatic heterocycles. The third kappa shape index (κ3) is 3.57. The van der Waals surface area contributed by atoms with Crippen LogP contribution in [0.3, 0.4) is 0 Å². The Balaban J connectivity index is 1.43. The molecule has 2 atom stereocenters. The first kappa shape index (κ1) is 19.1. The molecular weight excluding hydrogens is 380 g/mol. The summed E-state index contributed by atoms with van der Waals surface area (Å²) in [6, 6.07) is 3.58. The van der Waals surface area contributed by atoms with Gasteiger partial charge in [0.2, 0.25) is 0 Å². The number of amides is 2.